The Morgan fingerprint density at radius 2 is 2.37 bits per heavy atom. The number of anilines is 2. The van der Waals surface area contributed by atoms with Gasteiger partial charge in [-0.25, -0.2) is 4.98 Å². The normalized spacial score (nSPS) is 9.84. The zero-order valence-electron chi connectivity index (χ0n) is 9.79. The van der Waals surface area contributed by atoms with E-state index in [-0.39, 0.29) is 11.7 Å². The maximum Gasteiger partial charge on any atom is 0.235 e. The van der Waals surface area contributed by atoms with Crippen molar-refractivity contribution >= 4 is 39.7 Å². The van der Waals surface area contributed by atoms with E-state index in [0.717, 1.165) is 5.03 Å². The molecular weight excluding hydrogens is 280 g/mol. The number of carbonyl (C=O) groups is 1. The molecule has 0 aliphatic heterocycles. The first-order valence-electron chi connectivity index (χ1n) is 5.31. The number of hydrogen-bond donors (Lipinski definition) is 2. The molecule has 0 saturated carbocycles. The van der Waals surface area contributed by atoms with E-state index in [1.54, 1.807) is 29.8 Å². The minimum Gasteiger partial charge on any atom is -0.397 e. The van der Waals surface area contributed by atoms with Crippen LogP contribution in [0.4, 0.5) is 10.7 Å². The molecule has 2 heterocycles. The van der Waals surface area contributed by atoms with Gasteiger partial charge in [0, 0.05) is 0 Å². The number of carbonyl (C=O) groups excluding carboxylic acids is 1. The molecule has 0 saturated heterocycles. The van der Waals surface area contributed by atoms with Crippen LogP contribution >= 0.6 is 23.1 Å². The molecule has 2 rings (SSSR count). The SMILES string of the molecule is N#Cc1ccsc1NC(=O)CSc1ccc(N)cn1. The third-order valence-electron chi connectivity index (χ3n) is 2.15. The van der Waals surface area contributed by atoms with Gasteiger partial charge >= 0.3 is 0 Å². The van der Waals surface area contributed by atoms with Crippen LogP contribution in [-0.4, -0.2) is 16.6 Å². The summed E-state index contributed by atoms with van der Waals surface area (Å²) in [7, 11) is 0. The first-order valence-corrected chi connectivity index (χ1v) is 7.17. The Labute approximate surface area is 118 Å². The van der Waals surface area contributed by atoms with Crippen molar-refractivity contribution in [3.05, 3.63) is 35.3 Å². The van der Waals surface area contributed by atoms with E-state index in [1.165, 1.54) is 23.1 Å². The van der Waals surface area contributed by atoms with Crippen LogP contribution in [0.1, 0.15) is 5.56 Å². The van der Waals surface area contributed by atoms with E-state index in [0.29, 0.717) is 16.3 Å². The number of thiophene rings is 1. The maximum absolute atomic E-state index is 11.7. The molecule has 0 aliphatic rings. The summed E-state index contributed by atoms with van der Waals surface area (Å²) in [6.07, 6.45) is 1.55. The number of nitriles is 1. The van der Waals surface area contributed by atoms with Crippen LogP contribution in [0.25, 0.3) is 0 Å². The van der Waals surface area contributed by atoms with Gasteiger partial charge in [-0.05, 0) is 23.6 Å². The minimum absolute atomic E-state index is 0.164. The molecule has 0 radical (unpaired) electrons. The third-order valence-corrected chi connectivity index (χ3v) is 3.92. The Hall–Kier alpha value is -2.04. The molecule has 7 heteroatoms. The van der Waals surface area contributed by atoms with E-state index in [9.17, 15) is 4.79 Å². The molecular formula is C12H10N4OS2. The van der Waals surface area contributed by atoms with Crippen molar-refractivity contribution in [3.63, 3.8) is 0 Å². The van der Waals surface area contributed by atoms with Crippen LogP contribution in [0.15, 0.2) is 34.8 Å². The number of rotatable bonds is 4. The molecule has 3 N–H and O–H groups in total. The van der Waals surface area contributed by atoms with Crippen molar-refractivity contribution in [3.8, 4) is 6.07 Å². The Morgan fingerprint density at radius 3 is 3.05 bits per heavy atom. The van der Waals surface area contributed by atoms with Gasteiger partial charge in [-0.2, -0.15) is 5.26 Å². The van der Waals surface area contributed by atoms with Crippen LogP contribution in [-0.2, 0) is 4.79 Å². The molecule has 0 aromatic carbocycles. The first kappa shape index (κ1) is 13.4. The van der Waals surface area contributed by atoms with Crippen molar-refractivity contribution < 1.29 is 4.79 Å². The van der Waals surface area contributed by atoms with Gasteiger partial charge in [-0.15, -0.1) is 11.3 Å². The van der Waals surface area contributed by atoms with Crippen LogP contribution < -0.4 is 11.1 Å². The van der Waals surface area contributed by atoms with Crippen molar-refractivity contribution in [2.24, 2.45) is 0 Å². The van der Waals surface area contributed by atoms with Crippen LogP contribution in [0.3, 0.4) is 0 Å². The number of nitrogens with one attached hydrogen (secondary N) is 1. The summed E-state index contributed by atoms with van der Waals surface area (Å²) in [4.78, 5) is 15.8. The van der Waals surface area contributed by atoms with Gasteiger partial charge in [-0.3, -0.25) is 4.79 Å². The summed E-state index contributed by atoms with van der Waals surface area (Å²) >= 11 is 2.65. The predicted octanol–water partition coefficient (Wildman–Crippen LogP) is 2.33. The summed E-state index contributed by atoms with van der Waals surface area (Å²) < 4.78 is 0. The van der Waals surface area contributed by atoms with Crippen molar-refractivity contribution in [2.45, 2.75) is 5.03 Å². The molecule has 0 fully saturated rings. The fraction of sp³-hybridized carbons (Fsp3) is 0.0833. The van der Waals surface area contributed by atoms with Gasteiger partial charge in [0.15, 0.2) is 0 Å². The summed E-state index contributed by atoms with van der Waals surface area (Å²) in [5, 5.41) is 14.6. The smallest absolute Gasteiger partial charge is 0.235 e. The Bertz CT molecular complexity index is 615. The van der Waals surface area contributed by atoms with Crippen LogP contribution in [0.2, 0.25) is 0 Å². The molecule has 0 aliphatic carbocycles. The molecule has 0 spiro atoms. The molecule has 0 unspecified atom stereocenters. The molecule has 0 atom stereocenters. The number of nitrogens with two attached hydrogens (primary N) is 1. The van der Waals surface area contributed by atoms with Gasteiger partial charge in [-0.1, -0.05) is 11.8 Å². The highest BCUT2D eigenvalue weighted by atomic mass is 32.2. The topological polar surface area (TPSA) is 91.8 Å². The van der Waals surface area contributed by atoms with Crippen molar-refractivity contribution in [1.29, 1.82) is 5.26 Å². The summed E-state index contributed by atoms with van der Waals surface area (Å²) in [5.74, 6) is 0.0715. The average molecular weight is 290 g/mol. The lowest BCUT2D eigenvalue weighted by atomic mass is 10.3. The Balaban J connectivity index is 1.89. The van der Waals surface area contributed by atoms with E-state index >= 15 is 0 Å². The molecule has 2 aromatic heterocycles. The fourth-order valence-electron chi connectivity index (χ4n) is 1.27. The van der Waals surface area contributed by atoms with Gasteiger partial charge in [0.25, 0.3) is 0 Å². The average Bonchev–Trinajstić information content (AvgIpc) is 2.85. The third kappa shape index (κ3) is 3.71. The fourth-order valence-corrected chi connectivity index (χ4v) is 2.67. The van der Waals surface area contributed by atoms with Crippen LogP contribution in [0.5, 0.6) is 0 Å². The number of pyridine rings is 1. The second-order valence-electron chi connectivity index (χ2n) is 3.54. The zero-order valence-corrected chi connectivity index (χ0v) is 11.4. The summed E-state index contributed by atoms with van der Waals surface area (Å²) in [6.45, 7) is 0. The van der Waals surface area contributed by atoms with Crippen molar-refractivity contribution in [2.75, 3.05) is 16.8 Å². The molecule has 2 aromatic rings. The summed E-state index contributed by atoms with van der Waals surface area (Å²) in [6, 6.07) is 7.20. The quantitative estimate of drug-likeness (QED) is 0.843. The lowest BCUT2D eigenvalue weighted by molar-refractivity contribution is -0.113. The molecule has 96 valence electrons. The molecule has 0 bridgehead atoms. The largest absolute Gasteiger partial charge is 0.397 e. The van der Waals surface area contributed by atoms with Crippen molar-refractivity contribution in [1.82, 2.24) is 4.98 Å². The molecule has 1 amide bonds. The highest BCUT2D eigenvalue weighted by Gasteiger charge is 2.08. The molecule has 19 heavy (non-hydrogen) atoms. The highest BCUT2D eigenvalue weighted by Crippen LogP contribution is 2.23. The first-order chi connectivity index (χ1) is 9.19. The highest BCUT2D eigenvalue weighted by molar-refractivity contribution is 7.99. The van der Waals surface area contributed by atoms with Gasteiger partial charge < -0.3 is 11.1 Å². The monoisotopic (exact) mass is 290 g/mol. The van der Waals surface area contributed by atoms with E-state index in [1.807, 2.05) is 6.07 Å². The number of thioether (sulfide) groups is 1. The summed E-state index contributed by atoms with van der Waals surface area (Å²) in [5.41, 5.74) is 6.59. The van der Waals surface area contributed by atoms with E-state index in [2.05, 4.69) is 10.3 Å². The standard InChI is InChI=1S/C12H10N4OS2/c13-5-8-3-4-18-12(8)16-10(17)7-19-11-2-1-9(14)6-15-11/h1-4,6H,7,14H2,(H,16,17). The second-order valence-corrected chi connectivity index (χ2v) is 5.45. The van der Waals surface area contributed by atoms with E-state index in [4.69, 9.17) is 11.0 Å². The van der Waals surface area contributed by atoms with Crippen LogP contribution in [0, 0.1) is 11.3 Å². The van der Waals surface area contributed by atoms with Gasteiger partial charge in [0.2, 0.25) is 5.91 Å². The molecule has 5 nitrogen and oxygen atoms in total. The predicted molar refractivity (Wildman–Crippen MR) is 77.0 cm³/mol. The number of hydrogen-bond acceptors (Lipinski definition) is 6. The number of nitrogen functional groups attached to an aromatic ring is 1. The Morgan fingerprint density at radius 1 is 1.53 bits per heavy atom. The Kier molecular flexibility index (Phi) is 4.39. The van der Waals surface area contributed by atoms with Gasteiger partial charge in [0.05, 0.1) is 28.2 Å². The van der Waals surface area contributed by atoms with E-state index < -0.39 is 0 Å². The zero-order chi connectivity index (χ0) is 13.7. The number of nitrogens with zero attached hydrogens (tertiary/aromatic N) is 2. The second kappa shape index (κ2) is 6.22. The lowest BCUT2D eigenvalue weighted by Gasteiger charge is -2.03. The minimum atomic E-state index is -0.164. The maximum atomic E-state index is 11.7. The number of aromatic nitrogens is 1. The van der Waals surface area contributed by atoms with Gasteiger partial charge in [0.1, 0.15) is 11.1 Å². The lowest BCUT2D eigenvalue weighted by Crippen LogP contribution is -2.13. The number of amides is 1.